The first-order valence-electron chi connectivity index (χ1n) is 39.2. The summed E-state index contributed by atoms with van der Waals surface area (Å²) < 4.78 is 61.0. The Morgan fingerprint density at radius 3 is 0.887 bits per heavy atom. The maximum absolute atomic E-state index is 12.9. The number of phosphoric ester groups is 2. The van der Waals surface area contributed by atoms with E-state index in [0.717, 1.165) is 116 Å². The van der Waals surface area contributed by atoms with Crippen LogP contribution in [0.1, 0.15) is 355 Å². The van der Waals surface area contributed by atoms with Crippen LogP contribution in [0.3, 0.4) is 0 Å². The van der Waals surface area contributed by atoms with E-state index < -0.39 is 91.5 Å². The van der Waals surface area contributed by atoms with Crippen molar-refractivity contribution in [3.05, 3.63) is 72.9 Å². The van der Waals surface area contributed by atoms with Crippen molar-refractivity contribution in [3.63, 3.8) is 0 Å². The van der Waals surface area contributed by atoms with Gasteiger partial charge in [-0.3, -0.25) is 32.5 Å². The second-order valence-corrected chi connectivity index (χ2v) is 29.4. The molecule has 5 unspecified atom stereocenters. The van der Waals surface area contributed by atoms with Gasteiger partial charge in [-0.15, -0.1) is 0 Å². The average molecular weight is 1410 g/mol. The van der Waals surface area contributed by atoms with Crippen LogP contribution >= 0.6 is 15.6 Å². The summed E-state index contributed by atoms with van der Waals surface area (Å²) in [5.74, 6) is -1.56. The van der Waals surface area contributed by atoms with Gasteiger partial charge >= 0.3 is 33.6 Å². The summed E-state index contributed by atoms with van der Waals surface area (Å²) in [5.41, 5.74) is 0. The van der Waals surface area contributed by atoms with E-state index in [4.69, 9.17) is 32.3 Å². The first-order chi connectivity index (χ1) is 47.2. The molecule has 0 aromatic rings. The van der Waals surface area contributed by atoms with Crippen LogP contribution in [0.15, 0.2) is 72.9 Å². The lowest BCUT2D eigenvalue weighted by Crippen LogP contribution is -2.30. The van der Waals surface area contributed by atoms with Gasteiger partial charge in [0.2, 0.25) is 0 Å². The van der Waals surface area contributed by atoms with Gasteiger partial charge in [-0.25, -0.2) is 9.13 Å². The van der Waals surface area contributed by atoms with Crippen LogP contribution in [-0.2, 0) is 55.8 Å². The predicted octanol–water partition coefficient (Wildman–Crippen LogP) is 22.7. The molecule has 0 spiro atoms. The van der Waals surface area contributed by atoms with Gasteiger partial charge in [0, 0.05) is 19.3 Å². The van der Waals surface area contributed by atoms with Gasteiger partial charge in [-0.1, -0.05) is 318 Å². The highest BCUT2D eigenvalue weighted by atomic mass is 31.2. The molecule has 4 N–H and O–H groups in total. The monoisotopic (exact) mass is 1410 g/mol. The third kappa shape index (κ3) is 74.0. The zero-order chi connectivity index (χ0) is 70.9. The number of carbonyl (C=O) groups is 3. The third-order valence-corrected chi connectivity index (χ3v) is 18.8. The van der Waals surface area contributed by atoms with Gasteiger partial charge in [0.15, 0.2) is 6.10 Å². The quantitative estimate of drug-likeness (QED) is 0.0146. The van der Waals surface area contributed by atoms with E-state index in [-0.39, 0.29) is 19.3 Å². The van der Waals surface area contributed by atoms with Crippen molar-refractivity contribution in [2.24, 2.45) is 0 Å². The number of esters is 3. The van der Waals surface area contributed by atoms with Gasteiger partial charge in [-0.05, 0) is 89.9 Å². The Morgan fingerprint density at radius 2 is 0.546 bits per heavy atom. The number of allylic oxidation sites excluding steroid dienone is 12. The molecule has 0 fully saturated rings. The summed E-state index contributed by atoms with van der Waals surface area (Å²) in [6, 6.07) is 0. The summed E-state index contributed by atoms with van der Waals surface area (Å²) >= 11 is 0. The predicted molar refractivity (Wildman–Crippen MR) is 399 cm³/mol. The van der Waals surface area contributed by atoms with Gasteiger partial charge in [0.25, 0.3) is 0 Å². The highest BCUT2D eigenvalue weighted by molar-refractivity contribution is 7.47. The summed E-state index contributed by atoms with van der Waals surface area (Å²) in [7, 11) is -9.76. The highest BCUT2D eigenvalue weighted by Gasteiger charge is 2.29. The molecule has 0 saturated carbocycles. The molecule has 0 bridgehead atoms. The van der Waals surface area contributed by atoms with Crippen LogP contribution in [0, 0.1) is 0 Å². The Balaban J connectivity index is 4.27. The fourth-order valence-corrected chi connectivity index (χ4v) is 12.5. The molecule has 0 heterocycles. The lowest BCUT2D eigenvalue weighted by atomic mass is 10.0. The summed E-state index contributed by atoms with van der Waals surface area (Å²) in [6.07, 6.45) is 79.9. The molecule has 18 heteroatoms. The number of ether oxygens (including phenoxy) is 3. The molecule has 0 aliphatic rings. The van der Waals surface area contributed by atoms with E-state index >= 15 is 0 Å². The zero-order valence-electron chi connectivity index (χ0n) is 61.8. The maximum atomic E-state index is 12.9. The van der Waals surface area contributed by atoms with Crippen molar-refractivity contribution >= 4 is 33.6 Å². The minimum Gasteiger partial charge on any atom is -0.463 e. The van der Waals surface area contributed by atoms with E-state index in [9.17, 15) is 43.5 Å². The average Bonchev–Trinajstić information content (AvgIpc) is 1.57. The number of unbranched alkanes of at least 4 members (excludes halogenated alkanes) is 40. The molecular weight excluding hydrogens is 1270 g/mol. The van der Waals surface area contributed by atoms with Crippen molar-refractivity contribution in [3.8, 4) is 0 Å². The fourth-order valence-electron chi connectivity index (χ4n) is 10.9. The molecule has 0 aromatic carbocycles. The number of aliphatic hydroxyl groups is 2. The minimum atomic E-state index is -4.92. The molecule has 0 rings (SSSR count). The number of phosphoric acid groups is 2. The lowest BCUT2D eigenvalue weighted by molar-refractivity contribution is -0.161. The van der Waals surface area contributed by atoms with Crippen LogP contribution in [0.25, 0.3) is 0 Å². The van der Waals surface area contributed by atoms with E-state index in [2.05, 4.69) is 93.7 Å². The van der Waals surface area contributed by atoms with E-state index in [1.54, 1.807) is 0 Å². The Morgan fingerprint density at radius 1 is 0.299 bits per heavy atom. The Hall–Kier alpha value is -3.01. The number of aliphatic hydroxyl groups excluding tert-OH is 2. The molecule has 0 amide bonds. The zero-order valence-corrected chi connectivity index (χ0v) is 63.5. The van der Waals surface area contributed by atoms with Crippen molar-refractivity contribution in [2.45, 2.75) is 373 Å². The SMILES string of the molecule is CC/C=C\C/C=C\C/C=C\C/C=C\C/C=C\CCCCCCCCCCCCCCCCCCCCCC(=O)OCC(O)COP(=O)(O)OCC(O)COP(=O)(O)OCC(COC(=O)CCCCCCC/C=C\CCCCCC)OC(=O)CCCCCCCCCCCCCCC. The van der Waals surface area contributed by atoms with Crippen molar-refractivity contribution in [1.29, 1.82) is 0 Å². The summed E-state index contributed by atoms with van der Waals surface area (Å²) in [5, 5.41) is 20.6. The van der Waals surface area contributed by atoms with Crippen LogP contribution < -0.4 is 0 Å². The first-order valence-corrected chi connectivity index (χ1v) is 42.2. The smallest absolute Gasteiger partial charge is 0.463 e. The molecular formula is C79H144O16P2. The number of carbonyl (C=O) groups excluding carboxylic acids is 3. The van der Waals surface area contributed by atoms with Crippen molar-refractivity contribution in [1.82, 2.24) is 0 Å². The van der Waals surface area contributed by atoms with Gasteiger partial charge in [0.1, 0.15) is 25.4 Å². The van der Waals surface area contributed by atoms with Crippen LogP contribution in [0.2, 0.25) is 0 Å². The molecule has 0 aliphatic carbocycles. The Kier molecular flexibility index (Phi) is 70.5. The topological polar surface area (TPSA) is 231 Å². The molecule has 5 atom stereocenters. The second-order valence-electron chi connectivity index (χ2n) is 26.5. The molecule has 16 nitrogen and oxygen atoms in total. The largest absolute Gasteiger partial charge is 0.472 e. The molecule has 0 saturated heterocycles. The molecule has 0 aromatic heterocycles. The van der Waals surface area contributed by atoms with Crippen LogP contribution in [-0.4, -0.2) is 95.9 Å². The van der Waals surface area contributed by atoms with Crippen LogP contribution in [0.4, 0.5) is 0 Å². The van der Waals surface area contributed by atoms with Crippen LogP contribution in [0.5, 0.6) is 0 Å². The summed E-state index contributed by atoms with van der Waals surface area (Å²) in [4.78, 5) is 58.4. The fraction of sp³-hybridized carbons (Fsp3) is 0.810. The Labute approximate surface area is 592 Å². The lowest BCUT2D eigenvalue weighted by Gasteiger charge is -2.21. The Bertz CT molecular complexity index is 2060. The maximum Gasteiger partial charge on any atom is 0.472 e. The number of rotatable bonds is 75. The van der Waals surface area contributed by atoms with E-state index in [0.29, 0.717) is 19.3 Å². The van der Waals surface area contributed by atoms with Crippen molar-refractivity contribution < 1.29 is 75.8 Å². The number of hydrogen-bond donors (Lipinski definition) is 4. The molecule has 0 radical (unpaired) electrons. The molecule has 97 heavy (non-hydrogen) atoms. The minimum absolute atomic E-state index is 0.110. The third-order valence-electron chi connectivity index (χ3n) is 16.9. The highest BCUT2D eigenvalue weighted by Crippen LogP contribution is 2.45. The van der Waals surface area contributed by atoms with E-state index in [1.807, 2.05) is 0 Å². The molecule has 566 valence electrons. The number of hydrogen-bond acceptors (Lipinski definition) is 14. The first kappa shape index (κ1) is 94.0. The van der Waals surface area contributed by atoms with Gasteiger partial charge < -0.3 is 34.2 Å². The second kappa shape index (κ2) is 72.8. The summed E-state index contributed by atoms with van der Waals surface area (Å²) in [6.45, 7) is 2.58. The van der Waals surface area contributed by atoms with Gasteiger partial charge in [0.05, 0.1) is 26.4 Å². The molecule has 0 aliphatic heterocycles. The van der Waals surface area contributed by atoms with E-state index in [1.165, 1.54) is 180 Å². The normalized spacial score (nSPS) is 14.4. The van der Waals surface area contributed by atoms with Crippen molar-refractivity contribution in [2.75, 3.05) is 39.6 Å². The van der Waals surface area contributed by atoms with Gasteiger partial charge in [-0.2, -0.15) is 0 Å². The standard InChI is InChI=1S/C79H144O16P2/c1-4-7-10-13-16-19-22-25-26-27-28-29-30-31-32-33-34-35-36-37-38-39-40-41-42-43-44-45-46-49-51-53-56-59-62-65-77(82)89-68-74(80)69-91-96(85,86)92-70-75(81)71-93-97(87,88)94-73-76(95-79(84)67-64-61-58-55-52-48-24-21-18-15-12-9-6-3)72-90-78(83)66-63-60-57-54-50-47-23-20-17-14-11-8-5-2/h7,10,16,19-20,23,25-26,28-29,31-32,74-76,80-81H,4-6,8-9,11-15,17-18,21-22,24,27,30,33-73H2,1-3H3,(H,85,86)(H,87,88)/b10-7-,19-16-,23-20-,26-25-,29-28-,32-31-.